The van der Waals surface area contributed by atoms with Crippen molar-refractivity contribution in [3.05, 3.63) is 83.4 Å². The molecule has 1 aliphatic rings. The average molecular weight is 477 g/mol. The van der Waals surface area contributed by atoms with Crippen molar-refractivity contribution >= 4 is 17.9 Å². The number of aromatic nitrogens is 2. The molecule has 0 bridgehead atoms. The van der Waals surface area contributed by atoms with E-state index in [0.717, 1.165) is 23.3 Å². The number of hydrogen-bond donors (Lipinski definition) is 1. The number of hydrogen-bond acceptors (Lipinski definition) is 5. The van der Waals surface area contributed by atoms with E-state index in [2.05, 4.69) is 28.3 Å². The number of rotatable bonds is 7. The van der Waals surface area contributed by atoms with Crippen molar-refractivity contribution in [2.45, 2.75) is 19.8 Å². The monoisotopic (exact) mass is 476 g/mol. The van der Waals surface area contributed by atoms with Crippen molar-refractivity contribution in [1.82, 2.24) is 14.9 Å². The van der Waals surface area contributed by atoms with Gasteiger partial charge in [-0.2, -0.15) is 0 Å². The highest BCUT2D eigenvalue weighted by molar-refractivity contribution is 5.88. The molecule has 2 amide bonds. The number of carbonyl (C=O) groups excluding carboxylic acids is 1. The predicted molar refractivity (Wildman–Crippen MR) is 133 cm³/mol. The maximum atomic E-state index is 13.3. The molecule has 1 unspecified atom stereocenters. The number of benzene rings is 2. The fourth-order valence-corrected chi connectivity index (χ4v) is 4.01. The van der Waals surface area contributed by atoms with Gasteiger partial charge in [-0.15, -0.1) is 0 Å². The topological polar surface area (TPSA) is 76.6 Å². The van der Waals surface area contributed by atoms with E-state index in [1.807, 2.05) is 30.3 Å². The minimum absolute atomic E-state index is 0.191. The lowest BCUT2D eigenvalue weighted by Crippen LogP contribution is -2.42. The molecule has 2 aromatic carbocycles. The highest BCUT2D eigenvalue weighted by Gasteiger charge is 2.24. The van der Waals surface area contributed by atoms with Crippen LogP contribution in [-0.2, 0) is 6.42 Å². The van der Waals surface area contributed by atoms with Crippen molar-refractivity contribution in [1.29, 1.82) is 0 Å². The summed E-state index contributed by atoms with van der Waals surface area (Å²) in [7, 11) is 1.51. The van der Waals surface area contributed by atoms with Crippen LogP contribution in [0.15, 0.2) is 66.5 Å². The van der Waals surface area contributed by atoms with Gasteiger partial charge in [0.25, 0.3) is 0 Å². The molecule has 1 atom stereocenters. The number of nitrogens with zero attached hydrogens (tertiary/aromatic N) is 3. The number of halogens is 1. The van der Waals surface area contributed by atoms with E-state index in [0.29, 0.717) is 37.8 Å². The van der Waals surface area contributed by atoms with Gasteiger partial charge < -0.3 is 14.4 Å². The number of piperidine rings is 1. The zero-order valence-electron chi connectivity index (χ0n) is 19.9. The van der Waals surface area contributed by atoms with Crippen molar-refractivity contribution in [2.24, 2.45) is 5.92 Å². The van der Waals surface area contributed by atoms with Gasteiger partial charge in [0.1, 0.15) is 11.6 Å². The summed E-state index contributed by atoms with van der Waals surface area (Å²) in [4.78, 5) is 22.6. The fraction of sp³-hybridized carbons (Fsp3) is 0.296. The SMILES string of the molecule is COc1cnc(NC(=O)N2CCC(=Cc3cccc(OCCc4cccc(F)c4)c3)C(C)C2)cn1. The van der Waals surface area contributed by atoms with Gasteiger partial charge in [-0.05, 0) is 47.7 Å². The fourth-order valence-electron chi connectivity index (χ4n) is 4.01. The Morgan fingerprint density at radius 3 is 2.80 bits per heavy atom. The van der Waals surface area contributed by atoms with Gasteiger partial charge in [-0.3, -0.25) is 5.32 Å². The first kappa shape index (κ1) is 24.2. The summed E-state index contributed by atoms with van der Waals surface area (Å²) in [6.07, 6.45) is 6.54. The van der Waals surface area contributed by atoms with Crippen LogP contribution in [0, 0.1) is 11.7 Å². The summed E-state index contributed by atoms with van der Waals surface area (Å²) in [6, 6.07) is 14.3. The van der Waals surface area contributed by atoms with Crippen molar-refractivity contribution in [3.8, 4) is 11.6 Å². The summed E-state index contributed by atoms with van der Waals surface area (Å²) in [5.41, 5.74) is 3.25. The third-order valence-corrected chi connectivity index (χ3v) is 5.92. The summed E-state index contributed by atoms with van der Waals surface area (Å²) in [5, 5.41) is 2.79. The summed E-state index contributed by atoms with van der Waals surface area (Å²) in [5.74, 6) is 1.54. The third kappa shape index (κ3) is 6.79. The number of anilines is 1. The molecule has 1 N–H and O–H groups in total. The van der Waals surface area contributed by atoms with Crippen LogP contribution in [0.1, 0.15) is 24.5 Å². The maximum absolute atomic E-state index is 13.3. The summed E-state index contributed by atoms with van der Waals surface area (Å²) >= 11 is 0. The number of methoxy groups -OCH3 is 1. The van der Waals surface area contributed by atoms with Gasteiger partial charge in [0.15, 0.2) is 5.82 Å². The van der Waals surface area contributed by atoms with Crippen LogP contribution in [-0.4, -0.2) is 47.7 Å². The highest BCUT2D eigenvalue weighted by atomic mass is 19.1. The molecule has 8 heteroatoms. The van der Waals surface area contributed by atoms with Crippen LogP contribution >= 0.6 is 0 Å². The molecule has 1 aromatic heterocycles. The Hall–Kier alpha value is -3.94. The van der Waals surface area contributed by atoms with E-state index in [9.17, 15) is 9.18 Å². The highest BCUT2D eigenvalue weighted by Crippen LogP contribution is 2.26. The summed E-state index contributed by atoms with van der Waals surface area (Å²) in [6.45, 7) is 3.83. The Balaban J connectivity index is 1.31. The zero-order valence-corrected chi connectivity index (χ0v) is 19.9. The smallest absolute Gasteiger partial charge is 0.323 e. The van der Waals surface area contributed by atoms with E-state index in [-0.39, 0.29) is 17.8 Å². The lowest BCUT2D eigenvalue weighted by atomic mass is 9.91. The minimum atomic E-state index is -0.233. The zero-order chi connectivity index (χ0) is 24.6. The van der Waals surface area contributed by atoms with Crippen molar-refractivity contribution < 1.29 is 18.7 Å². The Kier molecular flexibility index (Phi) is 7.92. The third-order valence-electron chi connectivity index (χ3n) is 5.92. The van der Waals surface area contributed by atoms with Crippen LogP contribution < -0.4 is 14.8 Å². The molecule has 2 heterocycles. The number of urea groups is 1. The molecule has 7 nitrogen and oxygen atoms in total. The Labute approximate surface area is 204 Å². The quantitative estimate of drug-likeness (QED) is 0.507. The van der Waals surface area contributed by atoms with Crippen LogP contribution in [0.4, 0.5) is 15.0 Å². The average Bonchev–Trinajstić information content (AvgIpc) is 2.86. The van der Waals surface area contributed by atoms with Gasteiger partial charge >= 0.3 is 6.03 Å². The van der Waals surface area contributed by atoms with Gasteiger partial charge in [0.05, 0.1) is 26.1 Å². The Bertz CT molecular complexity index is 1180. The number of nitrogens with one attached hydrogen (secondary N) is 1. The molecular weight excluding hydrogens is 447 g/mol. The first-order valence-corrected chi connectivity index (χ1v) is 11.6. The molecule has 1 aliphatic heterocycles. The van der Waals surface area contributed by atoms with Crippen LogP contribution in [0.3, 0.4) is 0 Å². The molecule has 0 spiro atoms. The molecule has 0 radical (unpaired) electrons. The normalized spacial score (nSPS) is 16.7. The van der Waals surface area contributed by atoms with Crippen molar-refractivity contribution in [3.63, 3.8) is 0 Å². The van der Waals surface area contributed by atoms with E-state index >= 15 is 0 Å². The summed E-state index contributed by atoms with van der Waals surface area (Å²) < 4.78 is 24.2. The number of ether oxygens (including phenoxy) is 2. The molecule has 0 saturated carbocycles. The minimum Gasteiger partial charge on any atom is -0.493 e. The largest absolute Gasteiger partial charge is 0.493 e. The molecule has 35 heavy (non-hydrogen) atoms. The van der Waals surface area contributed by atoms with Crippen molar-refractivity contribution in [2.75, 3.05) is 32.1 Å². The van der Waals surface area contributed by atoms with E-state index < -0.39 is 0 Å². The maximum Gasteiger partial charge on any atom is 0.323 e. The van der Waals surface area contributed by atoms with E-state index in [1.54, 1.807) is 11.0 Å². The number of amides is 2. The second kappa shape index (κ2) is 11.5. The van der Waals surface area contributed by atoms with Crippen LogP contribution in [0.25, 0.3) is 6.08 Å². The van der Waals surface area contributed by atoms with E-state index in [1.165, 1.54) is 37.2 Å². The Morgan fingerprint density at radius 1 is 1.20 bits per heavy atom. The van der Waals surface area contributed by atoms with Gasteiger partial charge in [-0.25, -0.2) is 19.2 Å². The van der Waals surface area contributed by atoms with Gasteiger partial charge in [-0.1, -0.05) is 42.8 Å². The second-order valence-electron chi connectivity index (χ2n) is 8.49. The molecule has 1 fully saturated rings. The second-order valence-corrected chi connectivity index (χ2v) is 8.49. The number of carbonyl (C=O) groups is 1. The van der Waals surface area contributed by atoms with Gasteiger partial charge in [0.2, 0.25) is 5.88 Å². The Morgan fingerprint density at radius 2 is 2.06 bits per heavy atom. The lowest BCUT2D eigenvalue weighted by molar-refractivity contribution is 0.197. The first-order valence-electron chi connectivity index (χ1n) is 11.6. The van der Waals surface area contributed by atoms with Crippen LogP contribution in [0.2, 0.25) is 0 Å². The predicted octanol–water partition coefficient (Wildman–Crippen LogP) is 5.20. The molecule has 0 aliphatic carbocycles. The molecule has 182 valence electrons. The molecule has 3 aromatic rings. The molecule has 4 rings (SSSR count). The lowest BCUT2D eigenvalue weighted by Gasteiger charge is -2.33. The first-order chi connectivity index (χ1) is 17.0. The van der Waals surface area contributed by atoms with Crippen LogP contribution in [0.5, 0.6) is 11.6 Å². The number of likely N-dealkylation sites (tertiary alicyclic amines) is 1. The van der Waals surface area contributed by atoms with E-state index in [4.69, 9.17) is 9.47 Å². The molecular formula is C27H29FN4O3. The standard InChI is InChI=1S/C27H29FN4O3/c1-19-18-32(27(33)31-25-16-30-26(34-2)17-29-25)11-9-22(19)13-21-6-4-8-24(15-21)35-12-10-20-5-3-7-23(28)14-20/h3-8,13-17,19H,9-12,18H2,1-2H3,(H,29,31,33). The molecule has 1 saturated heterocycles. The van der Waals surface area contributed by atoms with Gasteiger partial charge in [0, 0.05) is 19.5 Å².